The molecule has 0 fully saturated rings. The summed E-state index contributed by atoms with van der Waals surface area (Å²) < 4.78 is 4.27. The fraction of sp³-hybridized carbons (Fsp3) is 0. The quantitative estimate of drug-likeness (QED) is 0.484. The number of halogens is 1. The van der Waals surface area contributed by atoms with Crippen LogP contribution in [0.15, 0.2) is 23.2 Å². The molecular weight excluding hydrogens is 296 g/mol. The van der Waals surface area contributed by atoms with Crippen molar-refractivity contribution in [3.63, 3.8) is 0 Å². The van der Waals surface area contributed by atoms with E-state index in [-0.39, 0.29) is 22.1 Å². The molecule has 18 heavy (non-hydrogen) atoms. The Morgan fingerprint density at radius 2 is 2.33 bits per heavy atom. The fourth-order valence-electron chi connectivity index (χ4n) is 1.15. The number of benzene rings is 1. The number of hydrogen-bond acceptors (Lipinski definition) is 7. The molecule has 2 rings (SSSR count). The van der Waals surface area contributed by atoms with Crippen molar-refractivity contribution in [2.45, 2.75) is 0 Å². The molecule has 90 valence electrons. The molecule has 2 aromatic rings. The highest BCUT2D eigenvalue weighted by molar-refractivity contribution is 7.66. The number of non-ortho nitro benzene ring substituents is 1. The summed E-state index contributed by atoms with van der Waals surface area (Å²) in [4.78, 5) is 14.2. The van der Waals surface area contributed by atoms with Gasteiger partial charge in [0.2, 0.25) is 0 Å². The van der Waals surface area contributed by atoms with Crippen molar-refractivity contribution in [2.24, 2.45) is 4.99 Å². The molecule has 1 aromatic heterocycles. The first-order valence-corrected chi connectivity index (χ1v) is 6.95. The van der Waals surface area contributed by atoms with Gasteiger partial charge in [-0.1, -0.05) is 11.6 Å². The van der Waals surface area contributed by atoms with Crippen molar-refractivity contribution in [2.75, 3.05) is 0 Å². The van der Waals surface area contributed by atoms with Crippen molar-refractivity contribution in [1.82, 2.24) is 4.37 Å². The maximum Gasteiger partial charge on any atom is 0.271 e. The van der Waals surface area contributed by atoms with Crippen molar-refractivity contribution in [3.8, 4) is 6.07 Å². The summed E-state index contributed by atoms with van der Waals surface area (Å²) in [5.41, 5.74) is 0.331. The number of nitro benzene ring substituents is 1. The molecule has 0 radical (unpaired) electrons. The average Bonchev–Trinajstić information content (AvgIpc) is 2.75. The highest BCUT2D eigenvalue weighted by Crippen LogP contribution is 2.24. The molecule has 0 bridgehead atoms. The van der Waals surface area contributed by atoms with E-state index in [1.54, 1.807) is 0 Å². The van der Waals surface area contributed by atoms with Gasteiger partial charge in [0, 0.05) is 22.7 Å². The lowest BCUT2D eigenvalue weighted by molar-refractivity contribution is -0.384. The molecular formula is C9H3ClN4O2S2. The fourth-order valence-corrected chi connectivity index (χ4v) is 3.14. The van der Waals surface area contributed by atoms with Crippen LogP contribution in [0, 0.1) is 21.4 Å². The highest BCUT2D eigenvalue weighted by atomic mass is 35.5. The largest absolute Gasteiger partial charge is 0.271 e. The Labute approximate surface area is 113 Å². The normalized spacial score (nSPS) is 11.2. The second kappa shape index (κ2) is 5.22. The summed E-state index contributed by atoms with van der Waals surface area (Å²) in [6.45, 7) is 0. The zero-order valence-corrected chi connectivity index (χ0v) is 10.9. The lowest BCUT2D eigenvalue weighted by atomic mass is 10.2. The molecule has 0 saturated heterocycles. The molecule has 0 aliphatic heterocycles. The van der Waals surface area contributed by atoms with Crippen LogP contribution in [0.2, 0.25) is 5.15 Å². The van der Waals surface area contributed by atoms with E-state index >= 15 is 0 Å². The highest BCUT2D eigenvalue weighted by Gasteiger charge is 2.10. The SMILES string of the molecule is N#Cc1ccc([N+](=O)[O-])cc1N=c1ssnc1Cl. The third kappa shape index (κ3) is 2.53. The Morgan fingerprint density at radius 1 is 1.56 bits per heavy atom. The monoisotopic (exact) mass is 298 g/mol. The molecule has 0 aliphatic carbocycles. The standard InChI is InChI=1S/C9H3ClN4O2S2/c10-8-9(17-18-13-8)12-7-3-6(14(15)16)2-1-5(7)4-11/h1-3H. The maximum absolute atomic E-state index is 10.7. The Kier molecular flexibility index (Phi) is 3.66. The van der Waals surface area contributed by atoms with Gasteiger partial charge < -0.3 is 0 Å². The van der Waals surface area contributed by atoms with Gasteiger partial charge in [0.25, 0.3) is 5.69 Å². The topological polar surface area (TPSA) is 92.2 Å². The van der Waals surface area contributed by atoms with Crippen LogP contribution in [0.5, 0.6) is 0 Å². The first-order chi connectivity index (χ1) is 8.61. The maximum atomic E-state index is 10.7. The van der Waals surface area contributed by atoms with Crippen LogP contribution >= 0.6 is 32.5 Å². The van der Waals surface area contributed by atoms with Crippen LogP contribution in [0.25, 0.3) is 0 Å². The van der Waals surface area contributed by atoms with Crippen LogP contribution in [0.4, 0.5) is 11.4 Å². The van der Waals surface area contributed by atoms with E-state index in [4.69, 9.17) is 16.9 Å². The van der Waals surface area contributed by atoms with E-state index in [2.05, 4.69) is 9.37 Å². The number of aromatic nitrogens is 1. The molecule has 9 heteroatoms. The smallest absolute Gasteiger partial charge is 0.258 e. The number of rotatable bonds is 2. The summed E-state index contributed by atoms with van der Waals surface area (Å²) in [6.07, 6.45) is 0. The van der Waals surface area contributed by atoms with Crippen molar-refractivity contribution in [3.05, 3.63) is 43.7 Å². The van der Waals surface area contributed by atoms with Gasteiger partial charge in [-0.2, -0.15) is 9.64 Å². The number of hydrogen-bond donors (Lipinski definition) is 0. The van der Waals surface area contributed by atoms with Crippen LogP contribution in [0.1, 0.15) is 5.56 Å². The Morgan fingerprint density at radius 3 is 2.89 bits per heavy atom. The Balaban J connectivity index is 2.63. The zero-order chi connectivity index (χ0) is 13.1. The predicted octanol–water partition coefficient (Wildman–Crippen LogP) is 2.87. The van der Waals surface area contributed by atoms with E-state index < -0.39 is 4.92 Å². The predicted molar refractivity (Wildman–Crippen MR) is 68.0 cm³/mol. The molecule has 0 unspecified atom stereocenters. The first-order valence-electron chi connectivity index (χ1n) is 4.46. The van der Waals surface area contributed by atoms with Gasteiger partial charge in [0.1, 0.15) is 6.07 Å². The van der Waals surface area contributed by atoms with E-state index in [0.29, 0.717) is 4.67 Å². The third-order valence-electron chi connectivity index (χ3n) is 1.94. The summed E-state index contributed by atoms with van der Waals surface area (Å²) in [6, 6.07) is 5.77. The summed E-state index contributed by atoms with van der Waals surface area (Å²) in [7, 11) is 2.39. The number of nitro groups is 1. The molecule has 1 aromatic carbocycles. The summed E-state index contributed by atoms with van der Waals surface area (Å²) in [5.74, 6) is 0. The van der Waals surface area contributed by atoms with Crippen LogP contribution in [0.3, 0.4) is 0 Å². The van der Waals surface area contributed by atoms with Crippen molar-refractivity contribution >= 4 is 43.9 Å². The average molecular weight is 299 g/mol. The van der Waals surface area contributed by atoms with E-state index in [1.165, 1.54) is 28.5 Å². The minimum absolute atomic E-state index is 0.128. The number of nitrogens with zero attached hydrogens (tertiary/aromatic N) is 4. The van der Waals surface area contributed by atoms with E-state index in [1.807, 2.05) is 6.07 Å². The Bertz CT molecular complexity index is 716. The van der Waals surface area contributed by atoms with Crippen LogP contribution in [-0.2, 0) is 0 Å². The van der Waals surface area contributed by atoms with Crippen molar-refractivity contribution < 1.29 is 4.92 Å². The molecule has 0 saturated carbocycles. The first kappa shape index (κ1) is 12.6. The zero-order valence-electron chi connectivity index (χ0n) is 8.53. The lowest BCUT2D eigenvalue weighted by Crippen LogP contribution is -1.94. The lowest BCUT2D eigenvalue weighted by Gasteiger charge is -1.96. The van der Waals surface area contributed by atoms with Gasteiger partial charge in [0.05, 0.1) is 16.2 Å². The minimum atomic E-state index is -0.545. The number of nitriles is 1. The Hall–Kier alpha value is -1.82. The molecule has 0 amide bonds. The van der Waals surface area contributed by atoms with Crippen molar-refractivity contribution in [1.29, 1.82) is 5.26 Å². The molecule has 1 heterocycles. The summed E-state index contributed by atoms with van der Waals surface area (Å²) in [5, 5.41) is 19.8. The summed E-state index contributed by atoms with van der Waals surface area (Å²) >= 11 is 5.79. The van der Waals surface area contributed by atoms with E-state index in [0.717, 1.165) is 10.5 Å². The second-order valence-electron chi connectivity index (χ2n) is 3.03. The second-order valence-corrected chi connectivity index (χ2v) is 5.22. The molecule has 0 atom stereocenters. The van der Waals surface area contributed by atoms with Gasteiger partial charge in [-0.3, -0.25) is 10.1 Å². The molecule has 0 spiro atoms. The van der Waals surface area contributed by atoms with Crippen LogP contribution < -0.4 is 4.67 Å². The third-order valence-corrected chi connectivity index (χ3v) is 4.12. The molecule has 0 N–H and O–H groups in total. The van der Waals surface area contributed by atoms with Gasteiger partial charge in [-0.25, -0.2) is 4.99 Å². The van der Waals surface area contributed by atoms with Gasteiger partial charge >= 0.3 is 0 Å². The molecule has 6 nitrogen and oxygen atoms in total. The minimum Gasteiger partial charge on any atom is -0.258 e. The van der Waals surface area contributed by atoms with Gasteiger partial charge in [-0.15, -0.1) is 0 Å². The van der Waals surface area contributed by atoms with E-state index in [9.17, 15) is 10.1 Å². The van der Waals surface area contributed by atoms with Gasteiger partial charge in [0.15, 0.2) is 9.82 Å². The van der Waals surface area contributed by atoms with Gasteiger partial charge in [-0.05, 0) is 16.4 Å². The molecule has 0 aliphatic rings. The van der Waals surface area contributed by atoms with Crippen LogP contribution in [-0.4, -0.2) is 9.30 Å².